The molecule has 94 valence electrons. The summed E-state index contributed by atoms with van der Waals surface area (Å²) in [6.07, 6.45) is 2.08. The highest BCUT2D eigenvalue weighted by Crippen LogP contribution is 2.28. The molecule has 0 amide bonds. The van der Waals surface area contributed by atoms with Crippen molar-refractivity contribution in [1.29, 1.82) is 5.26 Å². The maximum absolute atomic E-state index is 8.96. The molecular formula is C13H16N4S. The molecule has 18 heavy (non-hydrogen) atoms. The number of nitrogens with two attached hydrogens (primary N) is 1. The lowest BCUT2D eigenvalue weighted by Crippen LogP contribution is -2.23. The van der Waals surface area contributed by atoms with Crippen LogP contribution in [0.25, 0.3) is 11.0 Å². The van der Waals surface area contributed by atoms with Gasteiger partial charge in [0, 0.05) is 11.3 Å². The van der Waals surface area contributed by atoms with Gasteiger partial charge in [0.05, 0.1) is 22.7 Å². The van der Waals surface area contributed by atoms with E-state index >= 15 is 0 Å². The van der Waals surface area contributed by atoms with E-state index in [1.807, 2.05) is 16.7 Å². The summed E-state index contributed by atoms with van der Waals surface area (Å²) in [4.78, 5) is 4.33. The van der Waals surface area contributed by atoms with E-state index in [9.17, 15) is 0 Å². The monoisotopic (exact) mass is 260 g/mol. The molecule has 0 fully saturated rings. The van der Waals surface area contributed by atoms with Gasteiger partial charge in [-0.2, -0.15) is 17.0 Å². The molecule has 1 heterocycles. The first kappa shape index (κ1) is 12.8. The van der Waals surface area contributed by atoms with Crippen LogP contribution < -0.4 is 5.73 Å². The molecule has 0 aliphatic rings. The molecule has 1 aromatic carbocycles. The summed E-state index contributed by atoms with van der Waals surface area (Å²) < 4.78 is 2.05. The van der Waals surface area contributed by atoms with Crippen LogP contribution in [0.3, 0.4) is 0 Å². The molecule has 0 radical (unpaired) electrons. The normalized spacial score (nSPS) is 11.7. The number of imidazole rings is 1. The third-order valence-corrected chi connectivity index (χ3v) is 4.23. The molecule has 0 unspecified atom stereocenters. The number of rotatable bonds is 3. The second-order valence-corrected chi connectivity index (χ2v) is 6.35. The van der Waals surface area contributed by atoms with Crippen molar-refractivity contribution >= 4 is 28.7 Å². The molecule has 0 atom stereocenters. The van der Waals surface area contributed by atoms with Crippen molar-refractivity contribution in [2.45, 2.75) is 25.1 Å². The van der Waals surface area contributed by atoms with Crippen molar-refractivity contribution in [3.63, 3.8) is 0 Å². The number of hydrogen-bond donors (Lipinski definition) is 1. The number of anilines is 1. The molecule has 2 N–H and O–H groups in total. The number of thioether (sulfide) groups is 1. The van der Waals surface area contributed by atoms with Gasteiger partial charge in [-0.15, -0.1) is 0 Å². The molecule has 2 aromatic rings. The molecular weight excluding hydrogens is 244 g/mol. The van der Waals surface area contributed by atoms with Gasteiger partial charge in [-0.1, -0.05) is 0 Å². The third kappa shape index (κ3) is 2.29. The highest BCUT2D eigenvalue weighted by atomic mass is 32.2. The Labute approximate surface area is 111 Å². The van der Waals surface area contributed by atoms with Gasteiger partial charge in [0.2, 0.25) is 5.95 Å². The first-order chi connectivity index (χ1) is 8.46. The lowest BCUT2D eigenvalue weighted by molar-refractivity contribution is 0.585. The van der Waals surface area contributed by atoms with Crippen molar-refractivity contribution in [1.82, 2.24) is 9.55 Å². The van der Waals surface area contributed by atoms with Crippen molar-refractivity contribution in [3.05, 3.63) is 23.8 Å². The average Bonchev–Trinajstić information content (AvgIpc) is 2.65. The van der Waals surface area contributed by atoms with E-state index in [0.717, 1.165) is 17.6 Å². The van der Waals surface area contributed by atoms with Gasteiger partial charge >= 0.3 is 0 Å². The number of hydrogen-bond acceptors (Lipinski definition) is 4. The Hall–Kier alpha value is -1.67. The van der Waals surface area contributed by atoms with Crippen LogP contribution in [0.5, 0.6) is 0 Å². The highest BCUT2D eigenvalue weighted by molar-refractivity contribution is 7.99. The van der Waals surface area contributed by atoms with Gasteiger partial charge in [0.25, 0.3) is 0 Å². The molecule has 0 aliphatic heterocycles. The van der Waals surface area contributed by atoms with Gasteiger partial charge in [-0.3, -0.25) is 0 Å². The van der Waals surface area contributed by atoms with Crippen LogP contribution in [-0.2, 0) is 6.54 Å². The van der Waals surface area contributed by atoms with Gasteiger partial charge in [-0.25, -0.2) is 4.98 Å². The Morgan fingerprint density at radius 3 is 2.83 bits per heavy atom. The maximum Gasteiger partial charge on any atom is 0.201 e. The minimum atomic E-state index is 0.0738. The maximum atomic E-state index is 8.96. The molecule has 5 heteroatoms. The number of fused-ring (bicyclic) bond motifs is 1. The van der Waals surface area contributed by atoms with Gasteiger partial charge < -0.3 is 10.3 Å². The summed E-state index contributed by atoms with van der Waals surface area (Å²) >= 11 is 1.78. The molecule has 4 nitrogen and oxygen atoms in total. The first-order valence-electron chi connectivity index (χ1n) is 5.68. The second kappa shape index (κ2) is 4.54. The van der Waals surface area contributed by atoms with Crippen LogP contribution in [0.1, 0.15) is 19.4 Å². The van der Waals surface area contributed by atoms with E-state index < -0.39 is 0 Å². The summed E-state index contributed by atoms with van der Waals surface area (Å²) in [5, 5.41) is 8.96. The number of nitrogen functional groups attached to an aromatic ring is 1. The number of aromatic nitrogens is 2. The first-order valence-corrected chi connectivity index (χ1v) is 6.90. The van der Waals surface area contributed by atoms with Crippen molar-refractivity contribution in [2.24, 2.45) is 0 Å². The SMILES string of the molecule is CSC(C)(C)Cn1c(N)nc2ccc(C#N)cc21. The Kier molecular flexibility index (Phi) is 3.22. The molecule has 1 aromatic heterocycles. The Morgan fingerprint density at radius 2 is 2.22 bits per heavy atom. The predicted molar refractivity (Wildman–Crippen MR) is 76.5 cm³/mol. The number of nitriles is 1. The lowest BCUT2D eigenvalue weighted by atomic mass is 10.2. The van der Waals surface area contributed by atoms with Crippen LogP contribution in [0, 0.1) is 11.3 Å². The lowest BCUT2D eigenvalue weighted by Gasteiger charge is -2.23. The molecule has 0 bridgehead atoms. The van der Waals surface area contributed by atoms with Crippen molar-refractivity contribution in [3.8, 4) is 6.07 Å². The zero-order valence-electron chi connectivity index (χ0n) is 10.8. The van der Waals surface area contributed by atoms with Crippen LogP contribution in [0.2, 0.25) is 0 Å². The summed E-state index contributed by atoms with van der Waals surface area (Å²) in [5.41, 5.74) is 8.36. The van der Waals surface area contributed by atoms with Gasteiger partial charge in [-0.05, 0) is 38.3 Å². The van der Waals surface area contributed by atoms with Crippen molar-refractivity contribution < 1.29 is 0 Å². The summed E-state index contributed by atoms with van der Waals surface area (Å²) in [6, 6.07) is 7.59. The van der Waals surface area contributed by atoms with Gasteiger partial charge in [0.1, 0.15) is 0 Å². The summed E-state index contributed by atoms with van der Waals surface area (Å²) in [5.74, 6) is 0.502. The fraction of sp³-hybridized carbons (Fsp3) is 0.385. The number of benzene rings is 1. The van der Waals surface area contributed by atoms with Crippen LogP contribution in [-0.4, -0.2) is 20.6 Å². The van der Waals surface area contributed by atoms with E-state index in [1.54, 1.807) is 17.8 Å². The Bertz CT molecular complexity index is 622. The third-order valence-electron chi connectivity index (χ3n) is 3.00. The second-order valence-electron chi connectivity index (χ2n) is 4.84. The van der Waals surface area contributed by atoms with E-state index in [2.05, 4.69) is 31.2 Å². The van der Waals surface area contributed by atoms with E-state index in [-0.39, 0.29) is 4.75 Å². The highest BCUT2D eigenvalue weighted by Gasteiger charge is 2.20. The Morgan fingerprint density at radius 1 is 1.50 bits per heavy atom. The van der Waals surface area contributed by atoms with E-state index in [4.69, 9.17) is 11.0 Å². The standard InChI is InChI=1S/C13H16N4S/c1-13(2,18-3)8-17-11-6-9(7-14)4-5-10(11)16-12(17)15/h4-6H,8H2,1-3H3,(H2,15,16). The quantitative estimate of drug-likeness (QED) is 0.921. The van der Waals surface area contributed by atoms with Gasteiger partial charge in [0.15, 0.2) is 0 Å². The molecule has 0 spiro atoms. The van der Waals surface area contributed by atoms with E-state index in [1.165, 1.54) is 0 Å². The zero-order valence-corrected chi connectivity index (χ0v) is 11.6. The summed E-state index contributed by atoms with van der Waals surface area (Å²) in [6.45, 7) is 5.10. The predicted octanol–water partition coefficient (Wildman–Crippen LogP) is 2.63. The van der Waals surface area contributed by atoms with Crippen LogP contribution in [0.15, 0.2) is 18.2 Å². The Balaban J connectivity index is 2.55. The largest absolute Gasteiger partial charge is 0.369 e. The smallest absolute Gasteiger partial charge is 0.201 e. The minimum Gasteiger partial charge on any atom is -0.369 e. The number of nitrogens with zero attached hydrogens (tertiary/aromatic N) is 3. The molecule has 2 rings (SSSR count). The zero-order chi connectivity index (χ0) is 13.3. The topological polar surface area (TPSA) is 67.6 Å². The summed E-state index contributed by atoms with van der Waals surface area (Å²) in [7, 11) is 0. The minimum absolute atomic E-state index is 0.0738. The van der Waals surface area contributed by atoms with Crippen LogP contribution in [0.4, 0.5) is 5.95 Å². The molecule has 0 saturated heterocycles. The van der Waals surface area contributed by atoms with E-state index in [0.29, 0.717) is 11.5 Å². The van der Waals surface area contributed by atoms with Crippen LogP contribution >= 0.6 is 11.8 Å². The fourth-order valence-electron chi connectivity index (χ4n) is 1.82. The average molecular weight is 260 g/mol. The van der Waals surface area contributed by atoms with Crippen molar-refractivity contribution in [2.75, 3.05) is 12.0 Å². The fourth-order valence-corrected chi connectivity index (χ4v) is 2.08. The molecule has 0 aliphatic carbocycles. The molecule has 0 saturated carbocycles.